The minimum atomic E-state index is -0.0152. The van der Waals surface area contributed by atoms with Gasteiger partial charge in [0.05, 0.1) is 6.04 Å². The van der Waals surface area contributed by atoms with Gasteiger partial charge in [0.15, 0.2) is 10.6 Å². The molecule has 156 valence electrons. The Bertz CT molecular complexity index is 1100. The number of aryl methyl sites for hydroxylation is 3. The summed E-state index contributed by atoms with van der Waals surface area (Å²) >= 11 is 5.39. The fourth-order valence-corrected chi connectivity index (χ4v) is 4.30. The van der Waals surface area contributed by atoms with Crippen molar-refractivity contribution in [3.8, 4) is 11.4 Å². The minimum absolute atomic E-state index is 0.0122. The van der Waals surface area contributed by atoms with Crippen LogP contribution >= 0.6 is 12.2 Å². The lowest BCUT2D eigenvalue weighted by Gasteiger charge is -2.20. The molecule has 6 heteroatoms. The third-order valence-corrected chi connectivity index (χ3v) is 6.19. The molecule has 2 aromatic carbocycles. The first-order valence-electron chi connectivity index (χ1n) is 10.6. The zero-order valence-corrected chi connectivity index (χ0v) is 18.4. The van der Waals surface area contributed by atoms with Crippen LogP contribution in [-0.4, -0.2) is 20.7 Å². The van der Waals surface area contributed by atoms with Crippen molar-refractivity contribution in [2.45, 2.75) is 58.5 Å². The second kappa shape index (κ2) is 8.96. The molecule has 0 fully saturated rings. The molecule has 0 aliphatic heterocycles. The molecule has 0 bridgehead atoms. The lowest BCUT2D eigenvalue weighted by molar-refractivity contribution is -0.121. The summed E-state index contributed by atoms with van der Waals surface area (Å²) in [4.78, 5) is 12.6. The number of benzene rings is 2. The summed E-state index contributed by atoms with van der Waals surface area (Å²) in [6, 6.07) is 14.8. The van der Waals surface area contributed by atoms with Crippen LogP contribution < -0.4 is 5.32 Å². The van der Waals surface area contributed by atoms with Gasteiger partial charge in [-0.1, -0.05) is 48.0 Å². The van der Waals surface area contributed by atoms with Crippen molar-refractivity contribution in [2.24, 2.45) is 0 Å². The maximum atomic E-state index is 12.6. The van der Waals surface area contributed by atoms with Crippen molar-refractivity contribution in [1.82, 2.24) is 20.1 Å². The van der Waals surface area contributed by atoms with Crippen molar-refractivity contribution in [2.75, 3.05) is 0 Å². The summed E-state index contributed by atoms with van der Waals surface area (Å²) < 4.78 is 2.42. The molecule has 0 unspecified atom stereocenters. The molecule has 0 spiro atoms. The van der Waals surface area contributed by atoms with E-state index in [2.05, 4.69) is 40.6 Å². The van der Waals surface area contributed by atoms with E-state index < -0.39 is 0 Å². The first-order valence-corrected chi connectivity index (χ1v) is 11.1. The third-order valence-electron chi connectivity index (χ3n) is 5.88. The zero-order chi connectivity index (χ0) is 21.1. The molecule has 2 N–H and O–H groups in total. The van der Waals surface area contributed by atoms with Crippen LogP contribution in [0.2, 0.25) is 0 Å². The average molecular weight is 421 g/mol. The molecule has 1 atom stereocenters. The van der Waals surface area contributed by atoms with Crippen molar-refractivity contribution in [1.29, 1.82) is 0 Å². The van der Waals surface area contributed by atoms with E-state index in [1.165, 1.54) is 41.5 Å². The van der Waals surface area contributed by atoms with Gasteiger partial charge in [-0.3, -0.25) is 14.5 Å². The molecule has 5 nitrogen and oxygen atoms in total. The minimum Gasteiger partial charge on any atom is -0.350 e. The lowest BCUT2D eigenvalue weighted by Crippen LogP contribution is -2.27. The average Bonchev–Trinajstić information content (AvgIpc) is 3.12. The maximum absolute atomic E-state index is 12.6. The number of fused-ring (bicyclic) bond motifs is 1. The van der Waals surface area contributed by atoms with Crippen molar-refractivity contribution in [3.63, 3.8) is 0 Å². The third kappa shape index (κ3) is 4.54. The second-order valence-corrected chi connectivity index (χ2v) is 8.53. The number of nitrogens with one attached hydrogen (secondary N) is 2. The van der Waals surface area contributed by atoms with Gasteiger partial charge in [0.1, 0.15) is 0 Å². The van der Waals surface area contributed by atoms with Crippen LogP contribution in [0, 0.1) is 11.7 Å². The second-order valence-electron chi connectivity index (χ2n) is 8.14. The molecule has 0 saturated heterocycles. The number of aromatic nitrogens is 3. The van der Waals surface area contributed by atoms with Gasteiger partial charge in [0.25, 0.3) is 0 Å². The predicted octanol–water partition coefficient (Wildman–Crippen LogP) is 5.06. The van der Waals surface area contributed by atoms with Gasteiger partial charge < -0.3 is 5.32 Å². The molecular weight excluding hydrogens is 392 g/mol. The van der Waals surface area contributed by atoms with E-state index in [1.807, 2.05) is 35.8 Å². The summed E-state index contributed by atoms with van der Waals surface area (Å²) in [6.45, 7) is 4.58. The number of hydrogen-bond donors (Lipinski definition) is 2. The number of amides is 1. The molecule has 30 heavy (non-hydrogen) atoms. The van der Waals surface area contributed by atoms with E-state index in [1.54, 1.807) is 0 Å². The number of H-pyrrole nitrogens is 1. The molecule has 0 saturated carbocycles. The van der Waals surface area contributed by atoms with Gasteiger partial charge in [0.2, 0.25) is 5.91 Å². The molecule has 1 aliphatic carbocycles. The standard InChI is InChI=1S/C24H28N4OS/c1-16-7-9-19(10-8-16)23-26-27-24(30)28(23)14-13-22(29)25-17(2)20-12-11-18-5-3-4-6-21(18)15-20/h7-12,15,17H,3-6,13-14H2,1-2H3,(H,25,29)(H,27,30)/t17-/m0/s1. The Labute approximate surface area is 182 Å². The highest BCUT2D eigenvalue weighted by atomic mass is 32.1. The Balaban J connectivity index is 1.40. The summed E-state index contributed by atoms with van der Waals surface area (Å²) in [6.07, 6.45) is 5.20. The molecule has 1 aromatic heterocycles. The summed E-state index contributed by atoms with van der Waals surface area (Å²) in [5.74, 6) is 0.772. The van der Waals surface area contributed by atoms with Crippen LogP contribution in [0.5, 0.6) is 0 Å². The van der Waals surface area contributed by atoms with Gasteiger partial charge >= 0.3 is 0 Å². The van der Waals surface area contributed by atoms with Crippen LogP contribution in [0.4, 0.5) is 0 Å². The van der Waals surface area contributed by atoms with Crippen molar-refractivity contribution in [3.05, 3.63) is 69.5 Å². The monoisotopic (exact) mass is 420 g/mol. The highest BCUT2D eigenvalue weighted by Crippen LogP contribution is 2.25. The van der Waals surface area contributed by atoms with E-state index in [4.69, 9.17) is 12.2 Å². The molecule has 1 heterocycles. The SMILES string of the molecule is Cc1ccc(-c2n[nH]c(=S)n2CCC(=O)N[C@@H](C)c2ccc3c(c2)CCCC3)cc1. The van der Waals surface area contributed by atoms with E-state index in [9.17, 15) is 4.79 Å². The van der Waals surface area contributed by atoms with Crippen LogP contribution in [0.25, 0.3) is 11.4 Å². The Morgan fingerprint density at radius 3 is 2.67 bits per heavy atom. The van der Waals surface area contributed by atoms with Crippen molar-refractivity contribution < 1.29 is 4.79 Å². The van der Waals surface area contributed by atoms with Crippen LogP contribution in [0.15, 0.2) is 42.5 Å². The van der Waals surface area contributed by atoms with E-state index in [0.717, 1.165) is 17.8 Å². The zero-order valence-electron chi connectivity index (χ0n) is 17.6. The highest BCUT2D eigenvalue weighted by Gasteiger charge is 2.15. The quantitative estimate of drug-likeness (QED) is 0.548. The first-order chi connectivity index (χ1) is 14.5. The lowest BCUT2D eigenvalue weighted by atomic mass is 9.89. The fourth-order valence-electron chi connectivity index (χ4n) is 4.08. The fraction of sp³-hybridized carbons (Fsp3) is 0.375. The smallest absolute Gasteiger partial charge is 0.222 e. The van der Waals surface area contributed by atoms with E-state index in [0.29, 0.717) is 17.7 Å². The van der Waals surface area contributed by atoms with Crippen molar-refractivity contribution >= 4 is 18.1 Å². The van der Waals surface area contributed by atoms with Crippen LogP contribution in [0.3, 0.4) is 0 Å². The molecular formula is C24H28N4OS. The predicted molar refractivity (Wildman–Crippen MR) is 122 cm³/mol. The van der Waals surface area contributed by atoms with Crippen LogP contribution in [0.1, 0.15) is 54.5 Å². The molecule has 1 amide bonds. The number of carbonyl (C=O) groups is 1. The normalized spacial score (nSPS) is 14.2. The number of hydrogen-bond acceptors (Lipinski definition) is 3. The van der Waals surface area contributed by atoms with Gasteiger partial charge in [-0.15, -0.1) is 0 Å². The van der Waals surface area contributed by atoms with Gasteiger partial charge in [-0.25, -0.2) is 0 Å². The Morgan fingerprint density at radius 2 is 1.90 bits per heavy atom. The van der Waals surface area contributed by atoms with Gasteiger partial charge in [-0.05, 0) is 68.4 Å². The maximum Gasteiger partial charge on any atom is 0.222 e. The van der Waals surface area contributed by atoms with E-state index >= 15 is 0 Å². The van der Waals surface area contributed by atoms with E-state index in [-0.39, 0.29) is 11.9 Å². The summed E-state index contributed by atoms with van der Waals surface area (Å²) in [7, 11) is 0. The number of nitrogens with zero attached hydrogens (tertiary/aromatic N) is 2. The Hall–Kier alpha value is -2.73. The number of aromatic amines is 1. The first kappa shape index (κ1) is 20.5. The Morgan fingerprint density at radius 1 is 1.17 bits per heavy atom. The highest BCUT2D eigenvalue weighted by molar-refractivity contribution is 7.71. The van der Waals surface area contributed by atoms with Crippen LogP contribution in [-0.2, 0) is 24.2 Å². The largest absolute Gasteiger partial charge is 0.350 e. The van der Waals surface area contributed by atoms with Gasteiger partial charge in [0, 0.05) is 18.5 Å². The topological polar surface area (TPSA) is 62.7 Å². The summed E-state index contributed by atoms with van der Waals surface area (Å²) in [5, 5.41) is 10.3. The molecule has 0 radical (unpaired) electrons. The molecule has 3 aromatic rings. The Kier molecular flexibility index (Phi) is 6.13. The van der Waals surface area contributed by atoms with Gasteiger partial charge in [-0.2, -0.15) is 5.10 Å². The number of rotatable bonds is 6. The number of carbonyl (C=O) groups excluding carboxylic acids is 1. The molecule has 1 aliphatic rings. The summed E-state index contributed by atoms with van der Waals surface area (Å²) in [5.41, 5.74) is 6.24. The molecule has 4 rings (SSSR count).